The SMILES string of the molecule is C=C(Nc1cc(Oc2cc3ccn(C(=C)NC)c3cc2CC)ccn1)c1ccc(C2CCN(CC)CC2)cc1. The van der Waals surface area contributed by atoms with Gasteiger partial charge in [-0.1, -0.05) is 51.3 Å². The highest BCUT2D eigenvalue weighted by Crippen LogP contribution is 2.33. The van der Waals surface area contributed by atoms with Crippen LogP contribution in [0.5, 0.6) is 11.5 Å². The van der Waals surface area contributed by atoms with Crippen molar-refractivity contribution in [1.82, 2.24) is 19.8 Å². The number of aryl methyl sites for hydroxylation is 1. The third-order valence-corrected chi connectivity index (χ3v) is 7.84. The largest absolute Gasteiger partial charge is 0.457 e. The van der Waals surface area contributed by atoms with E-state index in [4.69, 9.17) is 4.74 Å². The molecule has 202 valence electrons. The minimum absolute atomic E-state index is 0.645. The van der Waals surface area contributed by atoms with Crippen LogP contribution in [0.4, 0.5) is 5.82 Å². The maximum atomic E-state index is 6.37. The quantitative estimate of drug-likeness (QED) is 0.229. The fourth-order valence-electron chi connectivity index (χ4n) is 5.37. The van der Waals surface area contributed by atoms with Crippen molar-refractivity contribution in [3.63, 3.8) is 0 Å². The number of nitrogens with one attached hydrogen (secondary N) is 2. The van der Waals surface area contributed by atoms with Gasteiger partial charge in [0.1, 0.15) is 23.1 Å². The highest BCUT2D eigenvalue weighted by atomic mass is 16.5. The molecule has 1 aliphatic rings. The van der Waals surface area contributed by atoms with E-state index in [0.29, 0.717) is 11.7 Å². The summed E-state index contributed by atoms with van der Waals surface area (Å²) in [6.45, 7) is 16.3. The molecular weight excluding hydrogens is 482 g/mol. The molecule has 0 saturated carbocycles. The summed E-state index contributed by atoms with van der Waals surface area (Å²) >= 11 is 0. The van der Waals surface area contributed by atoms with Crippen LogP contribution in [-0.2, 0) is 6.42 Å². The van der Waals surface area contributed by atoms with Gasteiger partial charge in [0, 0.05) is 36.6 Å². The van der Waals surface area contributed by atoms with Gasteiger partial charge in [-0.05, 0) is 85.8 Å². The summed E-state index contributed by atoms with van der Waals surface area (Å²) in [6, 6.07) is 19.0. The number of nitrogens with zero attached hydrogens (tertiary/aromatic N) is 3. The van der Waals surface area contributed by atoms with Crippen molar-refractivity contribution in [2.45, 2.75) is 39.0 Å². The molecule has 4 aromatic rings. The van der Waals surface area contributed by atoms with Crippen LogP contribution in [0.3, 0.4) is 0 Å². The Morgan fingerprint density at radius 3 is 2.49 bits per heavy atom. The number of rotatable bonds is 10. The van der Waals surface area contributed by atoms with Crippen LogP contribution in [0, 0.1) is 0 Å². The Morgan fingerprint density at radius 2 is 1.79 bits per heavy atom. The van der Waals surface area contributed by atoms with Crippen molar-refractivity contribution < 1.29 is 4.74 Å². The topological polar surface area (TPSA) is 54.4 Å². The van der Waals surface area contributed by atoms with Gasteiger partial charge in [0.25, 0.3) is 0 Å². The second-order valence-electron chi connectivity index (χ2n) is 10.2. The maximum absolute atomic E-state index is 6.37. The number of hydrogen-bond donors (Lipinski definition) is 2. The summed E-state index contributed by atoms with van der Waals surface area (Å²) in [7, 11) is 1.88. The number of pyridine rings is 1. The lowest BCUT2D eigenvalue weighted by molar-refractivity contribution is 0.222. The van der Waals surface area contributed by atoms with Crippen LogP contribution in [0.1, 0.15) is 49.3 Å². The number of hydrogen-bond acceptors (Lipinski definition) is 5. The fraction of sp³-hybridized carbons (Fsp3) is 0.303. The van der Waals surface area contributed by atoms with Gasteiger partial charge in [0.15, 0.2) is 0 Å². The predicted molar refractivity (Wildman–Crippen MR) is 163 cm³/mol. The molecule has 5 rings (SSSR count). The predicted octanol–water partition coefficient (Wildman–Crippen LogP) is 7.32. The average Bonchev–Trinajstić information content (AvgIpc) is 3.39. The van der Waals surface area contributed by atoms with Crippen molar-refractivity contribution in [2.24, 2.45) is 0 Å². The third kappa shape index (κ3) is 5.86. The van der Waals surface area contributed by atoms with Gasteiger partial charge in [-0.25, -0.2) is 4.98 Å². The summed E-state index contributed by atoms with van der Waals surface area (Å²) in [4.78, 5) is 7.03. The molecular formula is C33H39N5O. The Bertz CT molecular complexity index is 1460. The first-order chi connectivity index (χ1) is 19.0. The molecule has 0 atom stereocenters. The van der Waals surface area contributed by atoms with E-state index in [9.17, 15) is 0 Å². The van der Waals surface area contributed by atoms with E-state index in [1.165, 1.54) is 31.5 Å². The summed E-state index contributed by atoms with van der Waals surface area (Å²) in [5.41, 5.74) is 5.52. The number of aromatic nitrogens is 2. The molecule has 2 N–H and O–H groups in total. The van der Waals surface area contributed by atoms with Gasteiger partial charge in [-0.2, -0.15) is 0 Å². The molecule has 0 unspecified atom stereocenters. The number of piperidine rings is 1. The maximum Gasteiger partial charge on any atom is 0.134 e. The molecule has 0 spiro atoms. The lowest BCUT2D eigenvalue weighted by atomic mass is 9.89. The van der Waals surface area contributed by atoms with Gasteiger partial charge >= 0.3 is 0 Å². The minimum Gasteiger partial charge on any atom is -0.457 e. The number of likely N-dealkylation sites (tertiary alicyclic amines) is 1. The molecule has 2 aromatic carbocycles. The van der Waals surface area contributed by atoms with E-state index < -0.39 is 0 Å². The van der Waals surface area contributed by atoms with Crippen LogP contribution in [0.15, 0.2) is 80.1 Å². The van der Waals surface area contributed by atoms with Crippen LogP contribution in [0.2, 0.25) is 0 Å². The summed E-state index contributed by atoms with van der Waals surface area (Å²) < 4.78 is 8.43. The molecule has 0 amide bonds. The van der Waals surface area contributed by atoms with Crippen molar-refractivity contribution in [2.75, 3.05) is 32.0 Å². The third-order valence-electron chi connectivity index (χ3n) is 7.84. The van der Waals surface area contributed by atoms with E-state index in [2.05, 4.69) is 94.6 Å². The Balaban J connectivity index is 1.27. The van der Waals surface area contributed by atoms with E-state index in [0.717, 1.165) is 58.0 Å². The van der Waals surface area contributed by atoms with Crippen molar-refractivity contribution in [3.8, 4) is 11.5 Å². The van der Waals surface area contributed by atoms with Crippen LogP contribution in [-0.4, -0.2) is 41.1 Å². The van der Waals surface area contributed by atoms with E-state index >= 15 is 0 Å². The first-order valence-electron chi connectivity index (χ1n) is 13.9. The van der Waals surface area contributed by atoms with E-state index in [-0.39, 0.29) is 0 Å². The summed E-state index contributed by atoms with van der Waals surface area (Å²) in [5, 5.41) is 7.58. The minimum atomic E-state index is 0.645. The van der Waals surface area contributed by atoms with E-state index in [1.807, 2.05) is 25.4 Å². The average molecular weight is 522 g/mol. The molecule has 39 heavy (non-hydrogen) atoms. The Hall–Kier alpha value is -4.03. The van der Waals surface area contributed by atoms with Crippen molar-refractivity contribution in [1.29, 1.82) is 0 Å². The number of benzene rings is 2. The molecule has 6 nitrogen and oxygen atoms in total. The highest BCUT2D eigenvalue weighted by Gasteiger charge is 2.19. The molecule has 0 bridgehead atoms. The second-order valence-corrected chi connectivity index (χ2v) is 10.2. The first-order valence-corrected chi connectivity index (χ1v) is 13.9. The standard InChI is InChI=1S/C33H39N5O/c1-6-25-20-31-29(15-19-38(31)24(4)34-5)21-32(25)39-30-12-16-35-33(22-30)36-23(3)26-8-10-27(11-9-26)28-13-17-37(7-2)18-14-28/h8-12,15-16,19-22,28,34H,3-4,6-7,13-14,17-18H2,1-2,5H3,(H,35,36). The zero-order valence-electron chi connectivity index (χ0n) is 23.3. The Morgan fingerprint density at radius 1 is 1.03 bits per heavy atom. The van der Waals surface area contributed by atoms with Crippen molar-refractivity contribution in [3.05, 3.63) is 96.8 Å². The van der Waals surface area contributed by atoms with Gasteiger partial charge < -0.3 is 24.8 Å². The molecule has 1 aliphatic heterocycles. The number of ether oxygens (including phenoxy) is 1. The molecule has 0 aliphatic carbocycles. The van der Waals surface area contributed by atoms with Gasteiger partial charge in [0.2, 0.25) is 0 Å². The van der Waals surface area contributed by atoms with Crippen LogP contribution >= 0.6 is 0 Å². The zero-order chi connectivity index (χ0) is 27.4. The molecule has 1 fully saturated rings. The number of fused-ring (bicyclic) bond motifs is 1. The fourth-order valence-corrected chi connectivity index (χ4v) is 5.37. The lowest BCUT2D eigenvalue weighted by Gasteiger charge is -2.31. The van der Waals surface area contributed by atoms with Crippen LogP contribution in [0.25, 0.3) is 22.4 Å². The van der Waals surface area contributed by atoms with Gasteiger partial charge in [0.05, 0.1) is 5.52 Å². The molecule has 2 aromatic heterocycles. The normalized spacial score (nSPS) is 14.3. The molecule has 6 heteroatoms. The summed E-state index contributed by atoms with van der Waals surface area (Å²) in [6.07, 6.45) is 7.09. The summed E-state index contributed by atoms with van der Waals surface area (Å²) in [5.74, 6) is 3.74. The Labute approximate surface area is 232 Å². The number of anilines is 1. The monoisotopic (exact) mass is 521 g/mol. The molecule has 3 heterocycles. The van der Waals surface area contributed by atoms with Gasteiger partial charge in [-0.15, -0.1) is 0 Å². The first kappa shape index (κ1) is 26.6. The smallest absolute Gasteiger partial charge is 0.134 e. The zero-order valence-corrected chi connectivity index (χ0v) is 23.3. The van der Waals surface area contributed by atoms with Crippen molar-refractivity contribution >= 4 is 28.2 Å². The Kier molecular flexibility index (Phi) is 8.03. The highest BCUT2D eigenvalue weighted by molar-refractivity contribution is 5.85. The van der Waals surface area contributed by atoms with E-state index in [1.54, 1.807) is 6.20 Å². The lowest BCUT2D eigenvalue weighted by Crippen LogP contribution is -2.32. The van der Waals surface area contributed by atoms with Crippen LogP contribution < -0.4 is 15.4 Å². The van der Waals surface area contributed by atoms with Gasteiger partial charge in [-0.3, -0.25) is 0 Å². The molecule has 1 saturated heterocycles. The molecule has 0 radical (unpaired) electrons. The second kappa shape index (κ2) is 11.8.